The summed E-state index contributed by atoms with van der Waals surface area (Å²) < 4.78 is 7.50. The van der Waals surface area contributed by atoms with E-state index in [1.807, 2.05) is 6.07 Å². The van der Waals surface area contributed by atoms with Crippen molar-refractivity contribution in [2.45, 2.75) is 19.4 Å². The molecule has 1 fully saturated rings. The van der Waals surface area contributed by atoms with Crippen molar-refractivity contribution in [3.63, 3.8) is 0 Å². The van der Waals surface area contributed by atoms with Crippen molar-refractivity contribution in [2.24, 2.45) is 0 Å². The molecule has 0 radical (unpaired) electrons. The van der Waals surface area contributed by atoms with Crippen LogP contribution in [0.1, 0.15) is 19.7 Å². The summed E-state index contributed by atoms with van der Waals surface area (Å²) in [5.41, 5.74) is 0.700. The smallest absolute Gasteiger partial charge is 0.260 e. The summed E-state index contributed by atoms with van der Waals surface area (Å²) in [6, 6.07) is 1.99. The van der Waals surface area contributed by atoms with Crippen LogP contribution in [0.25, 0.3) is 11.5 Å². The number of piperazine rings is 1. The van der Waals surface area contributed by atoms with Gasteiger partial charge < -0.3 is 9.84 Å². The van der Waals surface area contributed by atoms with Gasteiger partial charge in [-0.25, -0.2) is 0 Å². The van der Waals surface area contributed by atoms with E-state index in [1.54, 1.807) is 11.3 Å². The minimum Gasteiger partial charge on any atom is -0.334 e. The number of nitrogens with one attached hydrogen (secondary N) is 1. The van der Waals surface area contributed by atoms with E-state index in [0.717, 1.165) is 45.1 Å². The van der Waals surface area contributed by atoms with Gasteiger partial charge in [0.05, 0.1) is 18.7 Å². The topological polar surface area (TPSA) is 54.2 Å². The van der Waals surface area contributed by atoms with Crippen LogP contribution in [0.15, 0.2) is 18.2 Å². The predicted molar refractivity (Wildman–Crippen MR) is 90.5 cm³/mol. The van der Waals surface area contributed by atoms with Crippen LogP contribution in [0.3, 0.4) is 0 Å². The SMILES string of the molecule is CC(C)(c1noc(-c2cc(Br)sc2Br)n1)N1CCNCC1. The lowest BCUT2D eigenvalue weighted by atomic mass is 10.0. The fourth-order valence-electron chi connectivity index (χ4n) is 2.43. The minimum atomic E-state index is -0.233. The number of hydrogen-bond acceptors (Lipinski definition) is 6. The molecule has 8 heteroatoms. The highest BCUT2D eigenvalue weighted by atomic mass is 79.9. The Labute approximate surface area is 144 Å². The third-order valence-corrected chi connectivity index (χ3v) is 6.11. The Hall–Kier alpha value is -0.280. The van der Waals surface area contributed by atoms with Crippen molar-refractivity contribution < 1.29 is 4.52 Å². The molecule has 0 spiro atoms. The second kappa shape index (κ2) is 6.08. The number of aromatic nitrogens is 2. The van der Waals surface area contributed by atoms with Crippen molar-refractivity contribution in [1.82, 2.24) is 20.4 Å². The van der Waals surface area contributed by atoms with Gasteiger partial charge >= 0.3 is 0 Å². The quantitative estimate of drug-likeness (QED) is 0.799. The zero-order chi connectivity index (χ0) is 15.0. The average molecular weight is 436 g/mol. The Balaban J connectivity index is 1.88. The second-order valence-corrected chi connectivity index (χ2v) is 9.21. The monoisotopic (exact) mass is 434 g/mol. The zero-order valence-corrected chi connectivity index (χ0v) is 15.8. The van der Waals surface area contributed by atoms with E-state index in [2.05, 4.69) is 66.1 Å². The zero-order valence-electron chi connectivity index (χ0n) is 11.8. The normalized spacial score (nSPS) is 17.3. The molecule has 0 atom stereocenters. The van der Waals surface area contributed by atoms with Gasteiger partial charge in [0.2, 0.25) is 0 Å². The maximum absolute atomic E-state index is 5.47. The molecule has 3 rings (SSSR count). The molecule has 0 amide bonds. The van der Waals surface area contributed by atoms with Gasteiger partial charge in [-0.3, -0.25) is 4.90 Å². The predicted octanol–water partition coefficient (Wildman–Crippen LogP) is 3.46. The number of thiophene rings is 1. The molecule has 2 aromatic heterocycles. The van der Waals surface area contributed by atoms with E-state index in [1.165, 1.54) is 0 Å². The van der Waals surface area contributed by atoms with Crippen LogP contribution in [0.2, 0.25) is 0 Å². The van der Waals surface area contributed by atoms with Gasteiger partial charge in [0.25, 0.3) is 5.89 Å². The molecule has 5 nitrogen and oxygen atoms in total. The molecule has 2 aromatic rings. The summed E-state index contributed by atoms with van der Waals surface area (Å²) >= 11 is 8.60. The molecule has 1 N–H and O–H groups in total. The first kappa shape index (κ1) is 15.6. The Morgan fingerprint density at radius 3 is 2.67 bits per heavy atom. The first-order valence-electron chi connectivity index (χ1n) is 6.73. The van der Waals surface area contributed by atoms with Crippen molar-refractivity contribution in [2.75, 3.05) is 26.2 Å². The second-order valence-electron chi connectivity index (χ2n) is 5.46. The molecule has 114 valence electrons. The highest BCUT2D eigenvalue weighted by molar-refractivity contribution is 9.12. The van der Waals surface area contributed by atoms with Gasteiger partial charge in [-0.1, -0.05) is 5.16 Å². The largest absolute Gasteiger partial charge is 0.334 e. The molecule has 3 heterocycles. The fraction of sp³-hybridized carbons (Fsp3) is 0.538. The van der Waals surface area contributed by atoms with E-state index in [4.69, 9.17) is 4.52 Å². The first-order chi connectivity index (χ1) is 9.98. The van der Waals surface area contributed by atoms with Gasteiger partial charge in [0.1, 0.15) is 0 Å². The molecule has 0 aliphatic carbocycles. The van der Waals surface area contributed by atoms with Crippen LogP contribution >= 0.6 is 43.2 Å². The maximum atomic E-state index is 5.47. The summed E-state index contributed by atoms with van der Waals surface area (Å²) in [4.78, 5) is 7.00. The van der Waals surface area contributed by atoms with Crippen molar-refractivity contribution in [3.8, 4) is 11.5 Å². The summed E-state index contributed by atoms with van der Waals surface area (Å²) in [7, 11) is 0. The van der Waals surface area contributed by atoms with Crippen LogP contribution in [0.4, 0.5) is 0 Å². The molecule has 0 unspecified atom stereocenters. The summed E-state index contributed by atoms with van der Waals surface area (Å²) in [6.07, 6.45) is 0. The van der Waals surface area contributed by atoms with E-state index >= 15 is 0 Å². The first-order valence-corrected chi connectivity index (χ1v) is 9.14. The molecule has 0 bridgehead atoms. The Morgan fingerprint density at radius 1 is 1.33 bits per heavy atom. The van der Waals surface area contributed by atoms with E-state index < -0.39 is 0 Å². The Morgan fingerprint density at radius 2 is 2.05 bits per heavy atom. The molecule has 0 saturated carbocycles. The van der Waals surface area contributed by atoms with E-state index in [9.17, 15) is 0 Å². The van der Waals surface area contributed by atoms with Crippen molar-refractivity contribution in [3.05, 3.63) is 19.5 Å². The van der Waals surface area contributed by atoms with Crippen LogP contribution in [0.5, 0.6) is 0 Å². The van der Waals surface area contributed by atoms with Crippen LogP contribution in [-0.4, -0.2) is 41.2 Å². The minimum absolute atomic E-state index is 0.233. The lowest BCUT2D eigenvalue weighted by Crippen LogP contribution is -2.52. The van der Waals surface area contributed by atoms with E-state index in [0.29, 0.717) is 5.89 Å². The van der Waals surface area contributed by atoms with Crippen molar-refractivity contribution >= 4 is 43.2 Å². The Bertz CT molecular complexity index is 634. The third kappa shape index (κ3) is 3.10. The van der Waals surface area contributed by atoms with Crippen LogP contribution in [0, 0.1) is 0 Å². The molecular weight excluding hydrogens is 420 g/mol. The van der Waals surface area contributed by atoms with Crippen LogP contribution < -0.4 is 5.32 Å². The highest BCUT2D eigenvalue weighted by Gasteiger charge is 2.34. The number of hydrogen-bond donors (Lipinski definition) is 1. The molecule has 1 aliphatic heterocycles. The Kier molecular flexibility index (Phi) is 4.52. The lowest BCUT2D eigenvalue weighted by Gasteiger charge is -2.38. The van der Waals surface area contributed by atoms with Crippen molar-refractivity contribution in [1.29, 1.82) is 0 Å². The maximum Gasteiger partial charge on any atom is 0.260 e. The molecule has 1 saturated heterocycles. The molecule has 1 aliphatic rings. The lowest BCUT2D eigenvalue weighted by molar-refractivity contribution is 0.0925. The number of halogens is 2. The standard InChI is InChI=1S/C13H16Br2N4OS/c1-13(2,19-5-3-16-4-6-19)12-17-11(20-18-12)8-7-9(14)21-10(8)15/h7,16H,3-6H2,1-2H3. The molecule has 0 aromatic carbocycles. The van der Waals surface area contributed by atoms with Crippen LogP contribution in [-0.2, 0) is 5.54 Å². The number of nitrogens with zero attached hydrogens (tertiary/aromatic N) is 3. The highest BCUT2D eigenvalue weighted by Crippen LogP contribution is 2.38. The van der Waals surface area contributed by atoms with Gasteiger partial charge in [-0.2, -0.15) is 4.98 Å². The number of rotatable bonds is 3. The average Bonchev–Trinajstić information content (AvgIpc) is 3.06. The fourth-order valence-corrected chi connectivity index (χ4v) is 5.21. The third-order valence-electron chi connectivity index (χ3n) is 3.77. The van der Waals surface area contributed by atoms with Gasteiger partial charge in [0, 0.05) is 26.2 Å². The molecule has 21 heavy (non-hydrogen) atoms. The molecular formula is C13H16Br2N4OS. The van der Waals surface area contributed by atoms with Gasteiger partial charge in [-0.05, 0) is 51.8 Å². The summed E-state index contributed by atoms with van der Waals surface area (Å²) in [5.74, 6) is 1.29. The van der Waals surface area contributed by atoms with E-state index in [-0.39, 0.29) is 5.54 Å². The van der Waals surface area contributed by atoms with Gasteiger partial charge in [0.15, 0.2) is 5.82 Å². The summed E-state index contributed by atoms with van der Waals surface area (Å²) in [6.45, 7) is 8.26. The van der Waals surface area contributed by atoms with Gasteiger partial charge in [-0.15, -0.1) is 11.3 Å². The summed E-state index contributed by atoms with van der Waals surface area (Å²) in [5, 5.41) is 7.57.